The van der Waals surface area contributed by atoms with Crippen LogP contribution in [0, 0.1) is 0 Å². The first-order valence-corrected chi connectivity index (χ1v) is 5.89. The molecule has 2 N–H and O–H groups in total. The quantitative estimate of drug-likeness (QED) is 0.608. The van der Waals surface area contributed by atoms with Gasteiger partial charge in [-0.05, 0) is 0 Å². The van der Waals surface area contributed by atoms with E-state index >= 15 is 0 Å². The predicted octanol–water partition coefficient (Wildman–Crippen LogP) is -0.995. The number of hydrogen-bond donors (Lipinski definition) is 2. The van der Waals surface area contributed by atoms with Gasteiger partial charge in [0.15, 0.2) is 0 Å². The molecule has 0 aromatic carbocycles. The Bertz CT molecular complexity index is 85.7. The summed E-state index contributed by atoms with van der Waals surface area (Å²) in [6, 6.07) is 0. The Morgan fingerprint density at radius 3 is 2.14 bits per heavy atom. The van der Waals surface area contributed by atoms with Crippen molar-refractivity contribution in [3.63, 3.8) is 0 Å². The molecule has 0 saturated carbocycles. The molecule has 0 aliphatic rings. The van der Waals surface area contributed by atoms with Gasteiger partial charge in [0, 0.05) is 0 Å². The zero-order chi connectivity index (χ0) is 5.91. The summed E-state index contributed by atoms with van der Waals surface area (Å²) in [4.78, 5) is 0. The molecule has 0 atom stereocenters. The summed E-state index contributed by atoms with van der Waals surface area (Å²) in [6.45, 7) is 0. The van der Waals surface area contributed by atoms with Gasteiger partial charge in [0.2, 0.25) is 0 Å². The maximum absolute atomic E-state index is 9.66. The fourth-order valence-corrected chi connectivity index (χ4v) is 1.74. The average molecular weight is 240 g/mol. The molecule has 0 fully saturated rings. The molecule has 0 aromatic heterocycles. The van der Waals surface area contributed by atoms with Crippen molar-refractivity contribution in [2.45, 2.75) is 0 Å². The van der Waals surface area contributed by atoms with Crippen LogP contribution in [0.1, 0.15) is 0 Å². The van der Waals surface area contributed by atoms with Gasteiger partial charge in [0.05, 0.1) is 0 Å². The van der Waals surface area contributed by atoms with Crippen molar-refractivity contribution in [1.82, 2.24) is 0 Å². The van der Waals surface area contributed by atoms with Gasteiger partial charge in [-0.15, -0.1) is 0 Å². The van der Waals surface area contributed by atoms with E-state index in [0.717, 1.165) is 0 Å². The molecule has 7 heavy (non-hydrogen) atoms. The van der Waals surface area contributed by atoms with Crippen LogP contribution in [0.4, 0.5) is 0 Å². The van der Waals surface area contributed by atoms with Gasteiger partial charge in [-0.2, -0.15) is 0 Å². The third-order valence-electron chi connectivity index (χ3n) is 0.0925. The number of rotatable bonds is 2. The number of hydrogen-bond acceptors (Lipinski definition) is 2. The molecule has 0 radical (unpaired) electrons. The Morgan fingerprint density at radius 1 is 1.71 bits per heavy atom. The van der Waals surface area contributed by atoms with E-state index in [1.165, 1.54) is 0 Å². The Kier molecular flexibility index (Phi) is 3.62. The van der Waals surface area contributed by atoms with Crippen molar-refractivity contribution >= 4 is 24.6 Å². The molecule has 0 aromatic rings. The van der Waals surface area contributed by atoms with E-state index in [9.17, 15) is 3.74 Å². The topological polar surface area (TPSA) is 66.8 Å². The molecule has 0 unspecified atom stereocenters. The first kappa shape index (κ1) is 8.05. The van der Waals surface area contributed by atoms with Crippen LogP contribution in [0.15, 0.2) is 0 Å². The zero-order valence-electron chi connectivity index (χ0n) is 2.84. The van der Waals surface area contributed by atoms with Gasteiger partial charge in [0.1, 0.15) is 0 Å². The van der Waals surface area contributed by atoms with E-state index in [2.05, 4.69) is 2.81 Å². The molecule has 0 heterocycles. The molecule has 0 bridgehead atoms. The molecule has 0 saturated heterocycles. The number of halogens is 1. The van der Waals surface area contributed by atoms with Crippen LogP contribution in [-0.2, 0) is 20.9 Å². The summed E-state index contributed by atoms with van der Waals surface area (Å²) in [5, 5.41) is 0. The fraction of sp³-hybridized carbons (Fsp3) is 0. The van der Waals surface area contributed by atoms with Crippen molar-refractivity contribution in [2.75, 3.05) is 0 Å². The fourth-order valence-electron chi connectivity index (χ4n) is 0.0271. The van der Waals surface area contributed by atoms with Crippen LogP contribution in [0.5, 0.6) is 0 Å². The Balaban J connectivity index is 3.36. The van der Waals surface area contributed by atoms with Crippen molar-refractivity contribution < 1.29 is 29.1 Å². The van der Waals surface area contributed by atoms with Crippen LogP contribution in [0.25, 0.3) is 0 Å². The second-order valence-corrected chi connectivity index (χ2v) is 4.30. The second-order valence-electron chi connectivity index (χ2n) is 0.592. The molecule has 4 nitrogen and oxygen atoms in total. The van der Waals surface area contributed by atoms with Gasteiger partial charge in [0.25, 0.3) is 0 Å². The van der Waals surface area contributed by atoms with Crippen LogP contribution < -0.4 is 0 Å². The molecule has 49 valence electrons. The van der Waals surface area contributed by atoms with Crippen LogP contribution in [-0.4, -0.2) is 22.7 Å². The first-order valence-electron chi connectivity index (χ1n) is 1.00. The Morgan fingerprint density at radius 2 is 2.14 bits per heavy atom. The molecular weight excluding hydrogens is 238 g/mol. The van der Waals surface area contributed by atoms with Crippen molar-refractivity contribution in [3.8, 4) is 0 Å². The molecule has 0 amide bonds. The van der Waals surface area contributed by atoms with E-state index < -0.39 is 14.5 Å². The molecule has 7 heteroatoms. The van der Waals surface area contributed by atoms with Crippen LogP contribution in [0.3, 0.4) is 0 Å². The summed E-state index contributed by atoms with van der Waals surface area (Å²) in [5.41, 5.74) is 0. The minimum absolute atomic E-state index is 0.220. The third kappa shape index (κ3) is 7.05. The van der Waals surface area contributed by atoms with Gasteiger partial charge < -0.3 is 0 Å². The van der Waals surface area contributed by atoms with Crippen LogP contribution in [0.2, 0.25) is 0 Å². The van der Waals surface area contributed by atoms with Gasteiger partial charge >= 0.3 is 53.7 Å². The SMILES string of the molecule is O=[As](O)(O)[O][Cu][Cl]. The Hall–Kier alpha value is 1.05. The molecular formula is H2AsClCuO4. The summed E-state index contributed by atoms with van der Waals surface area (Å²) >= 11 is -4.65. The molecule has 0 spiro atoms. The van der Waals surface area contributed by atoms with Crippen LogP contribution >= 0.6 is 10.1 Å². The summed E-state index contributed by atoms with van der Waals surface area (Å²) in [7, 11) is 4.69. The normalized spacial score (nSPS) is 12.4. The Labute approximate surface area is 53.9 Å². The van der Waals surface area contributed by atoms with Crippen molar-refractivity contribution in [2.24, 2.45) is 0 Å². The first-order chi connectivity index (χ1) is 3.06. The van der Waals surface area contributed by atoms with E-state index in [1.54, 1.807) is 0 Å². The van der Waals surface area contributed by atoms with E-state index in [1.807, 2.05) is 0 Å². The molecule has 0 aliphatic heterocycles. The maximum atomic E-state index is 9.66. The van der Waals surface area contributed by atoms with E-state index in [4.69, 9.17) is 18.3 Å². The van der Waals surface area contributed by atoms with Gasteiger partial charge in [-0.1, -0.05) is 0 Å². The van der Waals surface area contributed by atoms with E-state index in [-0.39, 0.29) is 14.4 Å². The second kappa shape index (κ2) is 3.15. The third-order valence-corrected chi connectivity index (χ3v) is 2.87. The van der Waals surface area contributed by atoms with Gasteiger partial charge in [-0.3, -0.25) is 0 Å². The molecule has 0 rings (SSSR count). The van der Waals surface area contributed by atoms with Gasteiger partial charge in [-0.25, -0.2) is 0 Å². The summed E-state index contributed by atoms with van der Waals surface area (Å²) in [5.74, 6) is 0. The standard InChI is InChI=1S/AsH3O4.ClH.Cu/c2-1(3,4)5;;/h(H3,2,3,4,5);1H;/q;;+2/p-2. The summed E-state index contributed by atoms with van der Waals surface area (Å²) in [6.07, 6.45) is 0. The zero-order valence-corrected chi connectivity index (χ0v) is 6.41. The van der Waals surface area contributed by atoms with Crippen molar-refractivity contribution in [3.05, 3.63) is 0 Å². The monoisotopic (exact) mass is 239 g/mol. The van der Waals surface area contributed by atoms with Crippen molar-refractivity contribution in [1.29, 1.82) is 0 Å². The molecule has 0 aliphatic carbocycles. The van der Waals surface area contributed by atoms with E-state index in [0.29, 0.717) is 0 Å². The average Bonchev–Trinajstić information content (AvgIpc) is 1.30. The minimum atomic E-state index is -4.87. The predicted molar refractivity (Wildman–Crippen MR) is 17.8 cm³/mol. The summed E-state index contributed by atoms with van der Waals surface area (Å²) < 4.78 is 29.0.